The number of aryl methyl sites for hydroxylation is 1. The molecular weight excluding hydrogens is 300 g/mol. The van der Waals surface area contributed by atoms with E-state index in [4.69, 9.17) is 0 Å². The van der Waals surface area contributed by atoms with E-state index in [9.17, 15) is 4.79 Å². The van der Waals surface area contributed by atoms with E-state index in [-0.39, 0.29) is 5.91 Å². The Kier molecular flexibility index (Phi) is 4.56. The van der Waals surface area contributed by atoms with Crippen LogP contribution in [0.15, 0.2) is 5.38 Å². The summed E-state index contributed by atoms with van der Waals surface area (Å²) in [5.74, 6) is 1.31. The van der Waals surface area contributed by atoms with E-state index in [1.54, 1.807) is 0 Å². The molecule has 2 rings (SSSR count). The van der Waals surface area contributed by atoms with Crippen molar-refractivity contribution in [3.8, 4) is 0 Å². The highest BCUT2D eigenvalue weighted by molar-refractivity contribution is 9.09. The Labute approximate surface area is 114 Å². The lowest BCUT2D eigenvalue weighted by atomic mass is 9.98. The molecule has 1 aliphatic carbocycles. The molecule has 94 valence electrons. The number of carbonyl (C=O) groups is 1. The molecule has 1 aliphatic rings. The first-order chi connectivity index (χ1) is 8.20. The third kappa shape index (κ3) is 3.28. The highest BCUT2D eigenvalue weighted by Crippen LogP contribution is 2.32. The molecule has 0 saturated heterocycles. The maximum Gasteiger partial charge on any atom is 0.270 e. The molecule has 1 aromatic heterocycles. The van der Waals surface area contributed by atoms with Crippen LogP contribution in [0.1, 0.15) is 34.8 Å². The molecule has 0 aliphatic heterocycles. The Morgan fingerprint density at radius 2 is 2.35 bits per heavy atom. The lowest BCUT2D eigenvalue weighted by molar-refractivity contribution is 0.0940. The quantitative estimate of drug-likeness (QED) is 0.868. The van der Waals surface area contributed by atoms with Crippen molar-refractivity contribution in [2.24, 2.45) is 11.8 Å². The fraction of sp³-hybridized carbons (Fsp3) is 0.667. The number of rotatable bonds is 4. The molecule has 1 fully saturated rings. The first-order valence-electron chi connectivity index (χ1n) is 5.97. The Balaban J connectivity index is 1.84. The number of nitrogens with zero attached hydrogens (tertiary/aromatic N) is 1. The summed E-state index contributed by atoms with van der Waals surface area (Å²) in [6.07, 6.45) is 3.79. The summed E-state index contributed by atoms with van der Waals surface area (Å²) in [5.41, 5.74) is 0.556. The number of halogens is 1. The van der Waals surface area contributed by atoms with E-state index >= 15 is 0 Å². The average molecular weight is 317 g/mol. The van der Waals surface area contributed by atoms with Gasteiger partial charge in [-0.05, 0) is 31.6 Å². The Bertz CT molecular complexity index is 394. The minimum absolute atomic E-state index is 0.0328. The summed E-state index contributed by atoms with van der Waals surface area (Å²) in [5, 5.41) is 6.81. The van der Waals surface area contributed by atoms with Crippen molar-refractivity contribution in [2.75, 3.05) is 11.9 Å². The van der Waals surface area contributed by atoms with Gasteiger partial charge >= 0.3 is 0 Å². The molecule has 1 amide bonds. The van der Waals surface area contributed by atoms with Gasteiger partial charge in [0, 0.05) is 17.3 Å². The maximum absolute atomic E-state index is 11.8. The highest BCUT2D eigenvalue weighted by Gasteiger charge is 2.26. The first kappa shape index (κ1) is 13.0. The monoisotopic (exact) mass is 316 g/mol. The smallest absolute Gasteiger partial charge is 0.270 e. The Morgan fingerprint density at radius 3 is 3.00 bits per heavy atom. The van der Waals surface area contributed by atoms with Crippen LogP contribution >= 0.6 is 27.3 Å². The summed E-state index contributed by atoms with van der Waals surface area (Å²) in [6, 6.07) is 0. The predicted molar refractivity (Wildman–Crippen MR) is 73.8 cm³/mol. The molecule has 3 nitrogen and oxygen atoms in total. The van der Waals surface area contributed by atoms with Gasteiger partial charge in [-0.15, -0.1) is 11.3 Å². The zero-order valence-corrected chi connectivity index (χ0v) is 12.3. The highest BCUT2D eigenvalue weighted by atomic mass is 79.9. The van der Waals surface area contributed by atoms with Crippen LogP contribution in [0.5, 0.6) is 0 Å². The number of nitrogens with one attached hydrogen (secondary N) is 1. The van der Waals surface area contributed by atoms with Gasteiger partial charge < -0.3 is 5.32 Å². The SMILES string of the molecule is Cc1nc(C(=O)NCC2CCCC2CBr)cs1. The molecule has 1 saturated carbocycles. The zero-order valence-electron chi connectivity index (χ0n) is 9.91. The molecular formula is C12H17BrN2OS. The second-order valence-electron chi connectivity index (χ2n) is 4.57. The van der Waals surface area contributed by atoms with Gasteiger partial charge in [-0.3, -0.25) is 4.79 Å². The van der Waals surface area contributed by atoms with Crippen molar-refractivity contribution in [3.05, 3.63) is 16.1 Å². The molecule has 2 atom stereocenters. The molecule has 0 spiro atoms. The van der Waals surface area contributed by atoms with Crippen LogP contribution in [0.25, 0.3) is 0 Å². The van der Waals surface area contributed by atoms with Crippen LogP contribution in [-0.2, 0) is 0 Å². The lowest BCUT2D eigenvalue weighted by Crippen LogP contribution is -2.31. The van der Waals surface area contributed by atoms with Crippen LogP contribution in [0.4, 0.5) is 0 Å². The first-order valence-corrected chi connectivity index (χ1v) is 7.97. The molecule has 2 unspecified atom stereocenters. The maximum atomic E-state index is 11.8. The molecule has 17 heavy (non-hydrogen) atoms. The fourth-order valence-corrected chi connectivity index (χ4v) is 3.81. The molecule has 0 radical (unpaired) electrons. The van der Waals surface area contributed by atoms with Crippen molar-refractivity contribution in [1.29, 1.82) is 0 Å². The van der Waals surface area contributed by atoms with Gasteiger partial charge in [0.05, 0.1) is 5.01 Å². The van der Waals surface area contributed by atoms with Crippen LogP contribution in [0, 0.1) is 18.8 Å². The van der Waals surface area contributed by atoms with E-state index in [0.29, 0.717) is 17.5 Å². The van der Waals surface area contributed by atoms with E-state index in [1.807, 2.05) is 12.3 Å². The number of alkyl halides is 1. The Morgan fingerprint density at radius 1 is 1.59 bits per heavy atom. The van der Waals surface area contributed by atoms with Crippen molar-refractivity contribution >= 4 is 33.2 Å². The number of aromatic nitrogens is 1. The van der Waals surface area contributed by atoms with Gasteiger partial charge in [0.25, 0.3) is 5.91 Å². The fourth-order valence-electron chi connectivity index (χ4n) is 2.37. The van der Waals surface area contributed by atoms with Gasteiger partial charge in [0.1, 0.15) is 5.69 Å². The molecule has 1 aromatic rings. The van der Waals surface area contributed by atoms with Crippen LogP contribution < -0.4 is 5.32 Å². The Hall–Kier alpha value is -0.420. The molecule has 5 heteroatoms. The summed E-state index contributed by atoms with van der Waals surface area (Å²) in [6.45, 7) is 2.70. The number of carbonyl (C=O) groups excluding carboxylic acids is 1. The van der Waals surface area contributed by atoms with Gasteiger partial charge in [-0.2, -0.15) is 0 Å². The third-order valence-corrected chi connectivity index (χ3v) is 5.00. The predicted octanol–water partition coefficient (Wildman–Crippen LogP) is 2.99. The minimum Gasteiger partial charge on any atom is -0.350 e. The van der Waals surface area contributed by atoms with Crippen molar-refractivity contribution in [1.82, 2.24) is 10.3 Å². The average Bonchev–Trinajstić information content (AvgIpc) is 2.94. The van der Waals surface area contributed by atoms with Crippen LogP contribution in [-0.4, -0.2) is 22.8 Å². The summed E-state index contributed by atoms with van der Waals surface area (Å²) < 4.78 is 0. The van der Waals surface area contributed by atoms with Gasteiger partial charge in [0.2, 0.25) is 0 Å². The summed E-state index contributed by atoms with van der Waals surface area (Å²) >= 11 is 5.06. The molecule has 1 heterocycles. The standard InChI is InChI=1S/C12H17BrN2OS/c1-8-15-11(7-17-8)12(16)14-6-10-4-2-3-9(10)5-13/h7,9-10H,2-6H2,1H3,(H,14,16). The van der Waals surface area contributed by atoms with Crippen molar-refractivity contribution in [3.63, 3.8) is 0 Å². The second kappa shape index (κ2) is 5.96. The lowest BCUT2D eigenvalue weighted by Gasteiger charge is -2.17. The largest absolute Gasteiger partial charge is 0.350 e. The third-order valence-electron chi connectivity index (χ3n) is 3.39. The molecule has 0 aromatic carbocycles. The van der Waals surface area contributed by atoms with Gasteiger partial charge in [-0.25, -0.2) is 4.98 Å². The normalized spacial score (nSPS) is 23.9. The number of hydrogen-bond donors (Lipinski definition) is 1. The minimum atomic E-state index is -0.0328. The number of amides is 1. The van der Waals surface area contributed by atoms with E-state index in [1.165, 1.54) is 30.6 Å². The van der Waals surface area contributed by atoms with Crippen molar-refractivity contribution < 1.29 is 4.79 Å². The number of hydrogen-bond acceptors (Lipinski definition) is 3. The molecule has 0 bridgehead atoms. The van der Waals surface area contributed by atoms with Gasteiger partial charge in [0.15, 0.2) is 0 Å². The molecule has 1 N–H and O–H groups in total. The zero-order chi connectivity index (χ0) is 12.3. The van der Waals surface area contributed by atoms with Crippen molar-refractivity contribution in [2.45, 2.75) is 26.2 Å². The number of thiazole rings is 1. The van der Waals surface area contributed by atoms with E-state index in [0.717, 1.165) is 16.9 Å². The summed E-state index contributed by atoms with van der Waals surface area (Å²) in [7, 11) is 0. The topological polar surface area (TPSA) is 42.0 Å². The van der Waals surface area contributed by atoms with Gasteiger partial charge in [-0.1, -0.05) is 22.4 Å². The van der Waals surface area contributed by atoms with Crippen LogP contribution in [0.2, 0.25) is 0 Å². The summed E-state index contributed by atoms with van der Waals surface area (Å²) in [4.78, 5) is 16.0. The van der Waals surface area contributed by atoms with E-state index in [2.05, 4.69) is 26.2 Å². The van der Waals surface area contributed by atoms with E-state index < -0.39 is 0 Å². The second-order valence-corrected chi connectivity index (χ2v) is 6.28. The van der Waals surface area contributed by atoms with Crippen LogP contribution in [0.3, 0.4) is 0 Å².